The van der Waals surface area contributed by atoms with Gasteiger partial charge in [-0.25, -0.2) is 0 Å². The maximum atomic E-state index is 9.80. The van der Waals surface area contributed by atoms with Crippen molar-refractivity contribution in [2.45, 2.75) is 43.7 Å². The molecule has 0 unspecified atom stereocenters. The number of aliphatic hydroxyl groups is 1. The van der Waals surface area contributed by atoms with Crippen LogP contribution in [0.2, 0.25) is 0 Å². The number of ether oxygens (including phenoxy) is 1. The zero-order valence-corrected chi connectivity index (χ0v) is 11.9. The summed E-state index contributed by atoms with van der Waals surface area (Å²) in [6, 6.07) is 6.49. The molecule has 1 spiro atoms. The van der Waals surface area contributed by atoms with Gasteiger partial charge in [0.05, 0.1) is 13.2 Å². The summed E-state index contributed by atoms with van der Waals surface area (Å²) in [6.07, 6.45) is 3.90. The molecule has 2 aliphatic rings. The molecule has 0 amide bonds. The molecule has 0 atom stereocenters. The van der Waals surface area contributed by atoms with E-state index < -0.39 is 0 Å². The molecular weight excluding hydrogens is 238 g/mol. The molecule has 1 fully saturated rings. The van der Waals surface area contributed by atoms with Crippen LogP contribution >= 0.6 is 0 Å². The lowest BCUT2D eigenvalue weighted by Crippen LogP contribution is -2.46. The van der Waals surface area contributed by atoms with E-state index in [-0.39, 0.29) is 11.5 Å². The number of nitrogens with zero attached hydrogens (tertiary/aromatic N) is 1. The fourth-order valence-electron chi connectivity index (χ4n) is 3.85. The highest BCUT2D eigenvalue weighted by atomic mass is 16.5. The third-order valence-corrected chi connectivity index (χ3v) is 4.81. The zero-order chi connectivity index (χ0) is 13.5. The number of benzene rings is 1. The van der Waals surface area contributed by atoms with Crippen LogP contribution in [0.15, 0.2) is 18.2 Å². The second kappa shape index (κ2) is 4.80. The van der Waals surface area contributed by atoms with Crippen molar-refractivity contribution in [3.05, 3.63) is 29.3 Å². The van der Waals surface area contributed by atoms with E-state index in [0.29, 0.717) is 0 Å². The molecule has 3 rings (SSSR count). The molecule has 3 nitrogen and oxygen atoms in total. The van der Waals surface area contributed by atoms with Crippen molar-refractivity contribution in [2.24, 2.45) is 0 Å². The van der Waals surface area contributed by atoms with Crippen molar-refractivity contribution >= 4 is 0 Å². The van der Waals surface area contributed by atoms with Gasteiger partial charge < -0.3 is 14.7 Å². The molecule has 1 N–H and O–H groups in total. The number of methoxy groups -OCH3 is 1. The highest BCUT2D eigenvalue weighted by Gasteiger charge is 2.41. The first-order valence-electron chi connectivity index (χ1n) is 7.17. The number of hydrogen-bond donors (Lipinski definition) is 1. The van der Waals surface area contributed by atoms with Gasteiger partial charge in [0.25, 0.3) is 0 Å². The Morgan fingerprint density at radius 1 is 1.32 bits per heavy atom. The third kappa shape index (κ3) is 2.26. The average Bonchev–Trinajstić information content (AvgIpc) is 2.42. The minimum absolute atomic E-state index is 0.105. The van der Waals surface area contributed by atoms with Crippen molar-refractivity contribution in [3.8, 4) is 5.75 Å². The lowest BCUT2D eigenvalue weighted by atomic mass is 9.65. The van der Waals surface area contributed by atoms with E-state index in [1.165, 1.54) is 11.1 Å². The standard InChI is InChI=1S/C16H23NO2/c1-17-10-12-3-4-14(19-2)9-15(12)16(11-17)7-5-13(18)6-8-16/h3-4,9,13,18H,5-8,10-11H2,1-2H3. The van der Waals surface area contributed by atoms with Gasteiger partial charge in [0.2, 0.25) is 0 Å². The van der Waals surface area contributed by atoms with Crippen LogP contribution in [0.5, 0.6) is 5.75 Å². The molecule has 104 valence electrons. The van der Waals surface area contributed by atoms with Crippen LogP contribution in [-0.2, 0) is 12.0 Å². The second-order valence-electron chi connectivity index (χ2n) is 6.21. The normalized spacial score (nSPS) is 31.2. The minimum atomic E-state index is -0.105. The summed E-state index contributed by atoms with van der Waals surface area (Å²) in [5.74, 6) is 0.953. The van der Waals surface area contributed by atoms with Crippen LogP contribution < -0.4 is 4.74 Å². The fourth-order valence-corrected chi connectivity index (χ4v) is 3.85. The molecule has 0 radical (unpaired) electrons. The van der Waals surface area contributed by atoms with E-state index in [2.05, 4.69) is 30.1 Å². The van der Waals surface area contributed by atoms with Crippen LogP contribution in [0.1, 0.15) is 36.8 Å². The number of likely N-dealkylation sites (N-methyl/N-ethyl adjacent to an activating group) is 1. The first kappa shape index (κ1) is 12.9. The van der Waals surface area contributed by atoms with Gasteiger partial charge in [-0.3, -0.25) is 0 Å². The Morgan fingerprint density at radius 2 is 2.05 bits per heavy atom. The van der Waals surface area contributed by atoms with Crippen LogP contribution in [-0.4, -0.2) is 36.8 Å². The van der Waals surface area contributed by atoms with E-state index in [0.717, 1.165) is 44.5 Å². The Labute approximate surface area is 115 Å². The SMILES string of the molecule is COc1ccc2c(c1)C1(CCC(O)CC1)CN(C)C2. The van der Waals surface area contributed by atoms with Crippen molar-refractivity contribution < 1.29 is 9.84 Å². The van der Waals surface area contributed by atoms with E-state index in [1.807, 2.05) is 0 Å². The van der Waals surface area contributed by atoms with Crippen LogP contribution in [0.3, 0.4) is 0 Å². The average molecular weight is 261 g/mol. The lowest BCUT2D eigenvalue weighted by Gasteiger charge is -2.46. The molecular formula is C16H23NO2. The summed E-state index contributed by atoms with van der Waals surface area (Å²) >= 11 is 0. The monoisotopic (exact) mass is 261 g/mol. The van der Waals surface area contributed by atoms with Crippen molar-refractivity contribution in [2.75, 3.05) is 20.7 Å². The molecule has 1 aliphatic carbocycles. The number of hydrogen-bond acceptors (Lipinski definition) is 3. The van der Waals surface area contributed by atoms with Gasteiger partial charge in [-0.15, -0.1) is 0 Å². The molecule has 1 saturated carbocycles. The molecule has 0 bridgehead atoms. The Hall–Kier alpha value is -1.06. The first-order chi connectivity index (χ1) is 9.13. The van der Waals surface area contributed by atoms with Crippen molar-refractivity contribution in [3.63, 3.8) is 0 Å². The molecule has 1 aliphatic heterocycles. The summed E-state index contributed by atoms with van der Waals surface area (Å²) < 4.78 is 5.40. The van der Waals surface area contributed by atoms with Gasteiger partial charge in [-0.05, 0) is 56.0 Å². The summed E-state index contributed by atoms with van der Waals surface area (Å²) in [7, 11) is 3.92. The van der Waals surface area contributed by atoms with E-state index in [4.69, 9.17) is 4.74 Å². The Kier molecular flexibility index (Phi) is 3.27. The highest BCUT2D eigenvalue weighted by Crippen LogP contribution is 2.45. The van der Waals surface area contributed by atoms with E-state index in [9.17, 15) is 5.11 Å². The Morgan fingerprint density at radius 3 is 2.74 bits per heavy atom. The van der Waals surface area contributed by atoms with Gasteiger partial charge in [-0.2, -0.15) is 0 Å². The van der Waals surface area contributed by atoms with Crippen LogP contribution in [0.25, 0.3) is 0 Å². The van der Waals surface area contributed by atoms with Gasteiger partial charge in [0, 0.05) is 18.5 Å². The number of rotatable bonds is 1. The molecule has 3 heteroatoms. The topological polar surface area (TPSA) is 32.7 Å². The second-order valence-corrected chi connectivity index (χ2v) is 6.21. The van der Waals surface area contributed by atoms with E-state index in [1.54, 1.807) is 7.11 Å². The molecule has 1 heterocycles. The molecule has 19 heavy (non-hydrogen) atoms. The fraction of sp³-hybridized carbons (Fsp3) is 0.625. The largest absolute Gasteiger partial charge is 0.497 e. The number of aliphatic hydroxyl groups excluding tert-OH is 1. The molecule has 0 saturated heterocycles. The maximum absolute atomic E-state index is 9.80. The van der Waals surface area contributed by atoms with Gasteiger partial charge >= 0.3 is 0 Å². The predicted octanol–water partition coefficient (Wildman–Crippen LogP) is 2.31. The summed E-state index contributed by atoms with van der Waals surface area (Å²) in [4.78, 5) is 2.41. The predicted molar refractivity (Wildman–Crippen MR) is 75.5 cm³/mol. The minimum Gasteiger partial charge on any atom is -0.497 e. The first-order valence-corrected chi connectivity index (χ1v) is 7.17. The quantitative estimate of drug-likeness (QED) is 0.842. The summed E-state index contributed by atoms with van der Waals surface area (Å²) in [5.41, 5.74) is 3.10. The highest BCUT2D eigenvalue weighted by molar-refractivity contribution is 5.43. The van der Waals surface area contributed by atoms with Crippen LogP contribution in [0.4, 0.5) is 0 Å². The third-order valence-electron chi connectivity index (χ3n) is 4.81. The maximum Gasteiger partial charge on any atom is 0.119 e. The molecule has 1 aromatic carbocycles. The Bertz CT molecular complexity index is 464. The zero-order valence-electron chi connectivity index (χ0n) is 11.9. The van der Waals surface area contributed by atoms with Crippen molar-refractivity contribution in [1.82, 2.24) is 4.90 Å². The van der Waals surface area contributed by atoms with E-state index >= 15 is 0 Å². The molecule has 0 aromatic heterocycles. The summed E-state index contributed by atoms with van der Waals surface area (Å²) in [5, 5.41) is 9.80. The molecule has 1 aromatic rings. The number of fused-ring (bicyclic) bond motifs is 2. The lowest BCUT2D eigenvalue weighted by molar-refractivity contribution is 0.0728. The van der Waals surface area contributed by atoms with Gasteiger partial charge in [0.1, 0.15) is 5.75 Å². The summed E-state index contributed by atoms with van der Waals surface area (Å²) in [6.45, 7) is 2.11. The van der Waals surface area contributed by atoms with Crippen LogP contribution in [0, 0.1) is 0 Å². The van der Waals surface area contributed by atoms with Gasteiger partial charge in [-0.1, -0.05) is 6.07 Å². The van der Waals surface area contributed by atoms with Gasteiger partial charge in [0.15, 0.2) is 0 Å². The smallest absolute Gasteiger partial charge is 0.119 e. The van der Waals surface area contributed by atoms with Crippen molar-refractivity contribution in [1.29, 1.82) is 0 Å². The Balaban J connectivity index is 2.02.